The van der Waals surface area contributed by atoms with Gasteiger partial charge in [0.05, 0.1) is 13.2 Å². The van der Waals surface area contributed by atoms with Crippen molar-refractivity contribution < 1.29 is 19.3 Å². The first-order valence-electron chi connectivity index (χ1n) is 12.5. The zero-order valence-electron chi connectivity index (χ0n) is 21.9. The highest BCUT2D eigenvalue weighted by molar-refractivity contribution is 5.62. The van der Waals surface area contributed by atoms with Gasteiger partial charge in [-0.1, -0.05) is 46.8 Å². The maximum Gasteiger partial charge on any atom is 0.231 e. The fourth-order valence-corrected chi connectivity index (χ4v) is 6.68. The molecule has 0 bridgehead atoms. The molecule has 0 amide bonds. The molecule has 3 aliphatic rings. The van der Waals surface area contributed by atoms with Crippen molar-refractivity contribution in [3.05, 3.63) is 51.6 Å². The fraction of sp³-hybridized carbons (Fsp3) is 0.586. The van der Waals surface area contributed by atoms with Gasteiger partial charge in [0.2, 0.25) is 12.5 Å². The third-order valence-corrected chi connectivity index (χ3v) is 9.31. The number of aryl methyl sites for hydroxylation is 1. The molecule has 2 aromatic rings. The molecule has 0 unspecified atom stereocenters. The number of aliphatic hydroxyl groups excluding tert-OH is 1. The largest absolute Gasteiger partial charge is 0.492 e. The lowest BCUT2D eigenvalue weighted by Gasteiger charge is -2.37. The summed E-state index contributed by atoms with van der Waals surface area (Å²) in [5, 5.41) is 11.6. The predicted molar refractivity (Wildman–Crippen MR) is 134 cm³/mol. The van der Waals surface area contributed by atoms with E-state index >= 15 is 0 Å². The minimum absolute atomic E-state index is 0.0271. The van der Waals surface area contributed by atoms with Crippen LogP contribution in [0.4, 0.5) is 0 Å². The van der Waals surface area contributed by atoms with Crippen LogP contribution in [0.1, 0.15) is 86.6 Å². The van der Waals surface area contributed by atoms with Crippen molar-refractivity contribution >= 4 is 0 Å². The SMILES string of the molecule is COc1c2c(cc3c1[C@H](C[C@@H](O)c1cc4c(cc1C)C(C)(C)[C@@H](C)C4(C)C)N(C)CC3)OCO2. The number of methoxy groups -OCH3 is 1. The average Bonchev–Trinajstić information content (AvgIpc) is 3.30. The summed E-state index contributed by atoms with van der Waals surface area (Å²) in [6.45, 7) is 15.0. The van der Waals surface area contributed by atoms with Crippen molar-refractivity contribution in [2.24, 2.45) is 5.92 Å². The van der Waals surface area contributed by atoms with E-state index in [4.69, 9.17) is 14.2 Å². The number of likely N-dealkylation sites (N-methyl/N-ethyl adjacent to an activating group) is 1. The van der Waals surface area contributed by atoms with E-state index in [0.717, 1.165) is 35.6 Å². The van der Waals surface area contributed by atoms with E-state index in [-0.39, 0.29) is 23.7 Å². The summed E-state index contributed by atoms with van der Waals surface area (Å²) >= 11 is 0. The first kappa shape index (κ1) is 23.5. The standard InChI is InChI=1S/C29H39NO4/c1-16-11-20-21(29(5,6)17(2)28(20,3)4)13-19(16)23(31)14-22-25-18(9-10-30(22)7)12-24-26(27(25)32-8)34-15-33-24/h11-13,17,22-23,31H,9-10,14-15H2,1-8H3/t17-,22+,23-/m1/s1. The Morgan fingerprint density at radius 2 is 1.79 bits per heavy atom. The van der Waals surface area contributed by atoms with Crippen LogP contribution in [0.5, 0.6) is 17.2 Å². The maximum absolute atomic E-state index is 11.6. The van der Waals surface area contributed by atoms with Gasteiger partial charge in [-0.3, -0.25) is 4.90 Å². The van der Waals surface area contributed by atoms with Crippen molar-refractivity contribution in [1.29, 1.82) is 0 Å². The summed E-state index contributed by atoms with van der Waals surface area (Å²) in [5.41, 5.74) is 7.53. The van der Waals surface area contributed by atoms with E-state index in [9.17, 15) is 5.11 Å². The number of hydrogen-bond donors (Lipinski definition) is 1. The first-order valence-corrected chi connectivity index (χ1v) is 12.5. The van der Waals surface area contributed by atoms with Crippen LogP contribution in [-0.2, 0) is 17.3 Å². The minimum atomic E-state index is -0.575. The molecular formula is C29H39NO4. The van der Waals surface area contributed by atoms with Gasteiger partial charge in [0.1, 0.15) is 0 Å². The fourth-order valence-electron chi connectivity index (χ4n) is 6.68. The second-order valence-corrected chi connectivity index (χ2v) is 11.6. The number of hydrogen-bond acceptors (Lipinski definition) is 5. The minimum Gasteiger partial charge on any atom is -0.492 e. The molecule has 0 saturated heterocycles. The molecule has 34 heavy (non-hydrogen) atoms. The van der Waals surface area contributed by atoms with Gasteiger partial charge >= 0.3 is 0 Å². The third-order valence-electron chi connectivity index (χ3n) is 9.31. The summed E-state index contributed by atoms with van der Waals surface area (Å²) in [6, 6.07) is 6.75. The third kappa shape index (κ3) is 3.27. The van der Waals surface area contributed by atoms with Crippen LogP contribution >= 0.6 is 0 Å². The van der Waals surface area contributed by atoms with Gasteiger partial charge in [-0.2, -0.15) is 0 Å². The van der Waals surface area contributed by atoms with E-state index < -0.39 is 6.10 Å². The van der Waals surface area contributed by atoms with Gasteiger partial charge in [0.15, 0.2) is 11.5 Å². The zero-order valence-corrected chi connectivity index (χ0v) is 21.9. The normalized spacial score (nSPS) is 25.1. The molecule has 0 fully saturated rings. The molecule has 2 aromatic carbocycles. The van der Waals surface area contributed by atoms with Crippen LogP contribution in [-0.4, -0.2) is 37.5 Å². The van der Waals surface area contributed by atoms with Gasteiger partial charge in [0, 0.05) is 18.2 Å². The molecular weight excluding hydrogens is 426 g/mol. The predicted octanol–water partition coefficient (Wildman–Crippen LogP) is 5.59. The van der Waals surface area contributed by atoms with Crippen molar-refractivity contribution in [2.45, 2.75) is 77.4 Å². The Bertz CT molecular complexity index is 1140. The van der Waals surface area contributed by atoms with Crippen LogP contribution in [0.3, 0.4) is 0 Å². The number of nitrogens with zero attached hydrogens (tertiary/aromatic N) is 1. The molecule has 2 aliphatic heterocycles. The lowest BCUT2D eigenvalue weighted by Crippen LogP contribution is -2.33. The van der Waals surface area contributed by atoms with Crippen LogP contribution in [0, 0.1) is 12.8 Å². The van der Waals surface area contributed by atoms with Gasteiger partial charge in [-0.25, -0.2) is 0 Å². The molecule has 0 spiro atoms. The topological polar surface area (TPSA) is 51.2 Å². The smallest absolute Gasteiger partial charge is 0.231 e. The van der Waals surface area contributed by atoms with Crippen molar-refractivity contribution in [2.75, 3.05) is 27.5 Å². The molecule has 0 radical (unpaired) electrons. The number of rotatable bonds is 4. The molecule has 184 valence electrons. The number of fused-ring (bicyclic) bond motifs is 3. The maximum atomic E-state index is 11.6. The van der Waals surface area contributed by atoms with E-state index in [2.05, 4.69) is 71.7 Å². The molecule has 5 nitrogen and oxygen atoms in total. The second-order valence-electron chi connectivity index (χ2n) is 11.6. The highest BCUT2D eigenvalue weighted by Crippen LogP contribution is 2.55. The zero-order chi connectivity index (χ0) is 24.6. The van der Waals surface area contributed by atoms with E-state index in [1.165, 1.54) is 22.3 Å². The highest BCUT2D eigenvalue weighted by atomic mass is 16.7. The molecule has 0 saturated carbocycles. The van der Waals surface area contributed by atoms with Crippen molar-refractivity contribution in [3.8, 4) is 17.2 Å². The van der Waals surface area contributed by atoms with Gasteiger partial charge in [0.25, 0.3) is 0 Å². The lowest BCUT2D eigenvalue weighted by molar-refractivity contribution is 0.107. The number of ether oxygens (including phenoxy) is 3. The first-order chi connectivity index (χ1) is 16.0. The Hall–Kier alpha value is -2.24. The van der Waals surface area contributed by atoms with Gasteiger partial charge in [-0.15, -0.1) is 0 Å². The van der Waals surface area contributed by atoms with Crippen LogP contribution in [0.15, 0.2) is 18.2 Å². The Morgan fingerprint density at radius 1 is 1.12 bits per heavy atom. The molecule has 1 aliphatic carbocycles. The van der Waals surface area contributed by atoms with Crippen molar-refractivity contribution in [1.82, 2.24) is 4.90 Å². The molecule has 0 aromatic heterocycles. The monoisotopic (exact) mass is 465 g/mol. The summed E-state index contributed by atoms with van der Waals surface area (Å²) in [5.74, 6) is 2.71. The summed E-state index contributed by atoms with van der Waals surface area (Å²) in [7, 11) is 3.82. The van der Waals surface area contributed by atoms with E-state index in [1.54, 1.807) is 7.11 Å². The molecule has 5 heteroatoms. The molecule has 2 heterocycles. The molecule has 5 rings (SSSR count). The van der Waals surface area contributed by atoms with E-state index in [0.29, 0.717) is 18.1 Å². The Labute approximate surface area is 204 Å². The van der Waals surface area contributed by atoms with Crippen molar-refractivity contribution in [3.63, 3.8) is 0 Å². The second kappa shape index (κ2) is 7.89. The Kier molecular flexibility index (Phi) is 5.45. The highest BCUT2D eigenvalue weighted by Gasteiger charge is 2.49. The molecule has 1 N–H and O–H groups in total. The quantitative estimate of drug-likeness (QED) is 0.638. The average molecular weight is 466 g/mol. The van der Waals surface area contributed by atoms with Crippen LogP contribution in [0.2, 0.25) is 0 Å². The molecule has 3 atom stereocenters. The van der Waals surface area contributed by atoms with Crippen LogP contribution < -0.4 is 14.2 Å². The van der Waals surface area contributed by atoms with E-state index in [1.807, 2.05) is 0 Å². The summed E-state index contributed by atoms with van der Waals surface area (Å²) in [6.07, 6.45) is 0.942. The number of aliphatic hydroxyl groups is 1. The summed E-state index contributed by atoms with van der Waals surface area (Å²) in [4.78, 5) is 2.33. The number of benzene rings is 2. The van der Waals surface area contributed by atoms with Gasteiger partial charge in [-0.05, 0) is 77.4 Å². The van der Waals surface area contributed by atoms with Gasteiger partial charge < -0.3 is 19.3 Å². The van der Waals surface area contributed by atoms with Crippen LogP contribution in [0.25, 0.3) is 0 Å². The Balaban J connectivity index is 1.54. The lowest BCUT2D eigenvalue weighted by atomic mass is 9.71. The summed E-state index contributed by atoms with van der Waals surface area (Å²) < 4.78 is 17.3. The Morgan fingerprint density at radius 3 is 2.47 bits per heavy atom.